The molecule has 2 aromatic carbocycles. The second-order valence-corrected chi connectivity index (χ2v) is 9.18. The van der Waals surface area contributed by atoms with Crippen LogP contribution in [0.25, 0.3) is 10.9 Å². The summed E-state index contributed by atoms with van der Waals surface area (Å²) in [6.07, 6.45) is 3.22. The number of ether oxygens (including phenoxy) is 2. The van der Waals surface area contributed by atoms with Gasteiger partial charge in [-0.15, -0.1) is 0 Å². The first-order chi connectivity index (χ1) is 15.8. The smallest absolute Gasteiger partial charge is 0.347 e. The van der Waals surface area contributed by atoms with Crippen LogP contribution >= 0.6 is 31.9 Å². The van der Waals surface area contributed by atoms with Crippen LogP contribution in [0, 0.1) is 0 Å². The molecule has 3 rings (SSSR count). The van der Waals surface area contributed by atoms with Crippen molar-refractivity contribution < 1.29 is 14.3 Å². The number of fused-ring (bicyclic) bond motifs is 1. The third-order valence-electron chi connectivity index (χ3n) is 4.84. The summed E-state index contributed by atoms with van der Waals surface area (Å²) < 4.78 is 13.8. The molecule has 174 valence electrons. The molecule has 9 heteroatoms. The monoisotopic (exact) mass is 577 g/mol. The molecule has 3 aromatic rings. The van der Waals surface area contributed by atoms with Gasteiger partial charge in [0.25, 0.3) is 5.56 Å². The number of rotatable bonds is 9. The van der Waals surface area contributed by atoms with Gasteiger partial charge in [0.15, 0.2) is 6.10 Å². The minimum atomic E-state index is -0.791. The third-order valence-corrected chi connectivity index (χ3v) is 5.82. The minimum absolute atomic E-state index is 0.249. The molecule has 0 bridgehead atoms. The van der Waals surface area contributed by atoms with Crippen LogP contribution < -0.4 is 10.3 Å². The van der Waals surface area contributed by atoms with Crippen molar-refractivity contribution in [3.8, 4) is 5.75 Å². The van der Waals surface area contributed by atoms with E-state index in [1.807, 2.05) is 12.1 Å². The molecule has 0 N–H and O–H groups in total. The van der Waals surface area contributed by atoms with Crippen molar-refractivity contribution in [2.75, 3.05) is 6.61 Å². The van der Waals surface area contributed by atoms with Gasteiger partial charge in [-0.25, -0.2) is 9.78 Å². The second kappa shape index (κ2) is 11.6. The Morgan fingerprint density at radius 2 is 1.91 bits per heavy atom. The summed E-state index contributed by atoms with van der Waals surface area (Å²) in [4.78, 5) is 29.9. The quantitative estimate of drug-likeness (QED) is 0.248. The number of nitrogens with zero attached hydrogens (tertiary/aromatic N) is 3. The Hall–Kier alpha value is -2.52. The maximum Gasteiger partial charge on any atom is 0.347 e. The highest BCUT2D eigenvalue weighted by atomic mass is 79.9. The van der Waals surface area contributed by atoms with E-state index < -0.39 is 12.1 Å². The molecular formula is C24H25Br2N3O4. The predicted molar refractivity (Wildman–Crippen MR) is 136 cm³/mol. The fourth-order valence-corrected chi connectivity index (χ4v) is 3.90. The predicted octanol–water partition coefficient (Wildman–Crippen LogP) is 5.48. The van der Waals surface area contributed by atoms with Crippen LogP contribution in [-0.4, -0.2) is 34.6 Å². The lowest BCUT2D eigenvalue weighted by atomic mass is 10.2. The Bertz CT molecular complexity index is 1240. The molecule has 0 aliphatic heterocycles. The Balaban J connectivity index is 2.04. The fourth-order valence-electron chi connectivity index (χ4n) is 3.16. The number of hydrogen-bond acceptors (Lipinski definition) is 6. The number of carbonyl (C=O) groups excluding carboxylic acids is 1. The molecule has 0 spiro atoms. The van der Waals surface area contributed by atoms with Gasteiger partial charge in [0.1, 0.15) is 11.6 Å². The van der Waals surface area contributed by atoms with Crippen LogP contribution in [0.2, 0.25) is 0 Å². The topological polar surface area (TPSA) is 82.8 Å². The van der Waals surface area contributed by atoms with Gasteiger partial charge < -0.3 is 9.47 Å². The molecule has 0 aliphatic rings. The van der Waals surface area contributed by atoms with Gasteiger partial charge >= 0.3 is 5.97 Å². The SMILES string of the molecule is CCCCc1nc2ccc(Br)cc2c(=O)n1N=Cc1cc(Br)ccc1O[C@H](C)C(=O)OCC. The van der Waals surface area contributed by atoms with E-state index >= 15 is 0 Å². The van der Waals surface area contributed by atoms with Crippen molar-refractivity contribution in [2.45, 2.75) is 46.1 Å². The van der Waals surface area contributed by atoms with Crippen molar-refractivity contribution in [2.24, 2.45) is 5.10 Å². The largest absolute Gasteiger partial charge is 0.478 e. The number of halogens is 2. The van der Waals surface area contributed by atoms with Crippen molar-refractivity contribution in [1.82, 2.24) is 9.66 Å². The molecule has 0 radical (unpaired) electrons. The van der Waals surface area contributed by atoms with E-state index in [-0.39, 0.29) is 12.2 Å². The van der Waals surface area contributed by atoms with Crippen molar-refractivity contribution in [3.63, 3.8) is 0 Å². The first-order valence-electron chi connectivity index (χ1n) is 10.7. The van der Waals surface area contributed by atoms with Crippen molar-refractivity contribution in [1.29, 1.82) is 0 Å². The Kier molecular flexibility index (Phi) is 8.80. The Morgan fingerprint density at radius 1 is 1.18 bits per heavy atom. The van der Waals surface area contributed by atoms with Crippen LogP contribution in [0.5, 0.6) is 5.75 Å². The van der Waals surface area contributed by atoms with Gasteiger partial charge in [0.05, 0.1) is 23.7 Å². The van der Waals surface area contributed by atoms with E-state index in [9.17, 15) is 9.59 Å². The highest BCUT2D eigenvalue weighted by Crippen LogP contribution is 2.23. The van der Waals surface area contributed by atoms with E-state index in [1.54, 1.807) is 44.3 Å². The number of hydrogen-bond donors (Lipinski definition) is 0. The van der Waals surface area contributed by atoms with E-state index in [0.29, 0.717) is 34.5 Å². The summed E-state index contributed by atoms with van der Waals surface area (Å²) in [5, 5.41) is 4.96. The zero-order valence-electron chi connectivity index (χ0n) is 18.7. The first-order valence-corrected chi connectivity index (χ1v) is 12.3. The number of aryl methyl sites for hydroxylation is 1. The molecule has 0 amide bonds. The Labute approximate surface area is 209 Å². The standard InChI is InChI=1S/C24H25Br2N3O4/c1-4-6-7-22-28-20-10-8-18(26)13-19(20)23(30)29(22)27-14-16-12-17(25)9-11-21(16)33-15(3)24(31)32-5-2/h8-15H,4-7H2,1-3H3/t15-/m1/s1. The number of unbranched alkanes of at least 4 members (excludes halogenated alkanes) is 1. The van der Waals surface area contributed by atoms with Crippen LogP contribution in [0.1, 0.15) is 45.0 Å². The van der Waals surface area contributed by atoms with E-state index in [1.165, 1.54) is 4.68 Å². The van der Waals surface area contributed by atoms with Crippen molar-refractivity contribution >= 4 is 54.9 Å². The fraction of sp³-hybridized carbons (Fsp3) is 0.333. The lowest BCUT2D eigenvalue weighted by molar-refractivity contribution is -0.150. The van der Waals surface area contributed by atoms with Gasteiger partial charge in [-0.2, -0.15) is 9.78 Å². The maximum absolute atomic E-state index is 13.3. The molecule has 0 unspecified atom stereocenters. The maximum atomic E-state index is 13.3. The van der Waals surface area contributed by atoms with E-state index in [2.05, 4.69) is 48.9 Å². The third kappa shape index (κ3) is 6.29. The molecule has 0 saturated heterocycles. The van der Waals surface area contributed by atoms with Gasteiger partial charge in [-0.05, 0) is 56.7 Å². The van der Waals surface area contributed by atoms with Crippen LogP contribution in [0.4, 0.5) is 0 Å². The van der Waals surface area contributed by atoms with Gasteiger partial charge in [-0.3, -0.25) is 4.79 Å². The number of aromatic nitrogens is 2. The lowest BCUT2D eigenvalue weighted by Gasteiger charge is -2.15. The molecule has 1 heterocycles. The average Bonchev–Trinajstić information content (AvgIpc) is 2.79. The zero-order valence-corrected chi connectivity index (χ0v) is 21.8. The molecule has 0 saturated carbocycles. The highest BCUT2D eigenvalue weighted by molar-refractivity contribution is 9.10. The summed E-state index contributed by atoms with van der Waals surface area (Å²) in [7, 11) is 0. The summed E-state index contributed by atoms with van der Waals surface area (Å²) in [6.45, 7) is 5.72. The first kappa shape index (κ1) is 25.1. The van der Waals surface area contributed by atoms with Gasteiger partial charge in [-0.1, -0.05) is 45.2 Å². The minimum Gasteiger partial charge on any atom is -0.478 e. The summed E-state index contributed by atoms with van der Waals surface area (Å²) in [5.41, 5.74) is 0.986. The summed E-state index contributed by atoms with van der Waals surface area (Å²) >= 11 is 6.87. The number of benzene rings is 2. The second-order valence-electron chi connectivity index (χ2n) is 7.35. The van der Waals surface area contributed by atoms with Crippen molar-refractivity contribution in [3.05, 3.63) is 67.1 Å². The molecular weight excluding hydrogens is 554 g/mol. The lowest BCUT2D eigenvalue weighted by Crippen LogP contribution is -2.26. The normalized spacial score (nSPS) is 12.3. The van der Waals surface area contributed by atoms with Gasteiger partial charge in [0.2, 0.25) is 0 Å². The zero-order chi connectivity index (χ0) is 24.0. The Morgan fingerprint density at radius 3 is 2.64 bits per heavy atom. The number of carbonyl (C=O) groups is 1. The van der Waals surface area contributed by atoms with Crippen LogP contribution in [-0.2, 0) is 16.0 Å². The molecule has 1 atom stereocenters. The molecule has 0 fully saturated rings. The van der Waals surface area contributed by atoms with Crippen LogP contribution in [0.15, 0.2) is 55.2 Å². The van der Waals surface area contributed by atoms with Crippen LogP contribution in [0.3, 0.4) is 0 Å². The van der Waals surface area contributed by atoms with E-state index in [4.69, 9.17) is 9.47 Å². The van der Waals surface area contributed by atoms with E-state index in [0.717, 1.165) is 21.8 Å². The molecule has 33 heavy (non-hydrogen) atoms. The summed E-state index contributed by atoms with van der Waals surface area (Å²) in [6, 6.07) is 10.8. The average molecular weight is 579 g/mol. The molecule has 1 aromatic heterocycles. The molecule has 7 nitrogen and oxygen atoms in total. The molecule has 0 aliphatic carbocycles. The number of esters is 1. The summed E-state index contributed by atoms with van der Waals surface area (Å²) in [5.74, 6) is 0.582. The van der Waals surface area contributed by atoms with Gasteiger partial charge in [0, 0.05) is 20.9 Å². The highest BCUT2D eigenvalue weighted by Gasteiger charge is 2.17.